The number of anilines is 1. The van der Waals surface area contributed by atoms with Crippen LogP contribution in [0.15, 0.2) is 24.3 Å². The fourth-order valence-electron chi connectivity index (χ4n) is 2.06. The summed E-state index contributed by atoms with van der Waals surface area (Å²) in [7, 11) is 0. The second kappa shape index (κ2) is 9.03. The number of hydrogen-bond donors (Lipinski definition) is 1. The molecule has 3 heteroatoms. The van der Waals surface area contributed by atoms with E-state index in [-0.39, 0.29) is 5.75 Å². The third kappa shape index (κ3) is 4.97. The van der Waals surface area contributed by atoms with E-state index in [9.17, 15) is 5.11 Å². The van der Waals surface area contributed by atoms with Gasteiger partial charge < -0.3 is 10.0 Å². The molecule has 0 aromatic heterocycles. The molecule has 20 heavy (non-hydrogen) atoms. The second-order valence-electron chi connectivity index (χ2n) is 4.90. The Morgan fingerprint density at radius 2 is 1.85 bits per heavy atom. The number of phenolic OH excluding ortho intramolecular Hbond substituents is 1. The van der Waals surface area contributed by atoms with Crippen molar-refractivity contribution in [1.29, 1.82) is 5.26 Å². The number of benzene rings is 1. The minimum Gasteiger partial charge on any atom is -0.507 e. The van der Waals surface area contributed by atoms with Gasteiger partial charge in [-0.25, -0.2) is 0 Å². The molecule has 0 atom stereocenters. The number of hydrogen-bond acceptors (Lipinski definition) is 3. The molecule has 0 saturated carbocycles. The molecule has 1 rings (SSSR count). The molecule has 0 aliphatic heterocycles. The summed E-state index contributed by atoms with van der Waals surface area (Å²) < 4.78 is 0. The van der Waals surface area contributed by atoms with Crippen molar-refractivity contribution in [2.45, 2.75) is 39.5 Å². The van der Waals surface area contributed by atoms with Crippen molar-refractivity contribution in [2.24, 2.45) is 0 Å². The molecular weight excluding hydrogens is 248 g/mol. The summed E-state index contributed by atoms with van der Waals surface area (Å²) in [6, 6.07) is 7.61. The average Bonchev–Trinajstić information content (AvgIpc) is 2.46. The zero-order valence-electron chi connectivity index (χ0n) is 12.5. The van der Waals surface area contributed by atoms with Crippen molar-refractivity contribution >= 4 is 11.8 Å². The Kier molecular flexibility index (Phi) is 7.27. The van der Waals surface area contributed by atoms with E-state index in [4.69, 9.17) is 5.26 Å². The molecule has 0 unspecified atom stereocenters. The standard InChI is InChI=1S/C17H24N2O/c1-3-5-12-19(13-6-4-2)16-10-9-15(8-7-11-18)17(20)14-16/h7-10,14,20H,3-6,12-13H2,1-2H3/b8-7+. The Hall–Kier alpha value is -1.95. The van der Waals surface area contributed by atoms with Crippen LogP contribution in [0.3, 0.4) is 0 Å². The van der Waals surface area contributed by atoms with E-state index in [1.807, 2.05) is 18.2 Å². The Balaban J connectivity index is 2.87. The number of nitriles is 1. The minimum absolute atomic E-state index is 0.229. The first-order valence-corrected chi connectivity index (χ1v) is 7.37. The molecule has 0 heterocycles. The normalized spacial score (nSPS) is 10.7. The summed E-state index contributed by atoms with van der Waals surface area (Å²) in [5.74, 6) is 0.229. The Labute approximate surface area is 122 Å². The molecule has 1 N–H and O–H groups in total. The van der Waals surface area contributed by atoms with Crippen LogP contribution in [0.1, 0.15) is 45.1 Å². The quantitative estimate of drug-likeness (QED) is 0.716. The van der Waals surface area contributed by atoms with E-state index in [1.54, 1.807) is 12.1 Å². The summed E-state index contributed by atoms with van der Waals surface area (Å²) in [5.41, 5.74) is 1.74. The highest BCUT2D eigenvalue weighted by atomic mass is 16.3. The van der Waals surface area contributed by atoms with Crippen LogP contribution in [0.5, 0.6) is 5.75 Å². The fraction of sp³-hybridized carbons (Fsp3) is 0.471. The number of aromatic hydroxyl groups is 1. The van der Waals surface area contributed by atoms with E-state index < -0.39 is 0 Å². The number of allylic oxidation sites excluding steroid dienone is 1. The predicted octanol–water partition coefficient (Wildman–Crippen LogP) is 4.34. The van der Waals surface area contributed by atoms with Gasteiger partial charge in [0.05, 0.1) is 6.07 Å². The van der Waals surface area contributed by atoms with Gasteiger partial charge in [0.1, 0.15) is 5.75 Å². The van der Waals surface area contributed by atoms with E-state index in [2.05, 4.69) is 18.7 Å². The van der Waals surface area contributed by atoms with Gasteiger partial charge in [-0.1, -0.05) is 26.7 Å². The van der Waals surface area contributed by atoms with E-state index in [1.165, 1.54) is 6.08 Å². The summed E-state index contributed by atoms with van der Waals surface area (Å²) in [4.78, 5) is 2.32. The lowest BCUT2D eigenvalue weighted by Gasteiger charge is -2.25. The highest BCUT2D eigenvalue weighted by Gasteiger charge is 2.08. The molecule has 0 aliphatic carbocycles. The lowest BCUT2D eigenvalue weighted by atomic mass is 10.1. The predicted molar refractivity (Wildman–Crippen MR) is 84.8 cm³/mol. The van der Waals surface area contributed by atoms with Gasteiger partial charge in [0.2, 0.25) is 0 Å². The van der Waals surface area contributed by atoms with Crippen LogP contribution < -0.4 is 4.90 Å². The summed E-state index contributed by atoms with van der Waals surface area (Å²) in [6.07, 6.45) is 7.64. The maximum Gasteiger partial charge on any atom is 0.124 e. The maximum atomic E-state index is 10.0. The van der Waals surface area contributed by atoms with Crippen molar-refractivity contribution in [3.8, 4) is 11.8 Å². The molecule has 0 radical (unpaired) electrons. The van der Waals surface area contributed by atoms with Crippen LogP contribution in [0.25, 0.3) is 6.08 Å². The van der Waals surface area contributed by atoms with Crippen LogP contribution in [0.4, 0.5) is 5.69 Å². The van der Waals surface area contributed by atoms with Crippen LogP contribution in [-0.2, 0) is 0 Å². The zero-order valence-corrected chi connectivity index (χ0v) is 12.5. The molecule has 0 amide bonds. The fourth-order valence-corrected chi connectivity index (χ4v) is 2.06. The monoisotopic (exact) mass is 272 g/mol. The third-order valence-electron chi connectivity index (χ3n) is 3.28. The number of nitrogens with zero attached hydrogens (tertiary/aromatic N) is 2. The molecule has 0 aliphatic rings. The Morgan fingerprint density at radius 3 is 2.35 bits per heavy atom. The van der Waals surface area contributed by atoms with Crippen molar-refractivity contribution in [3.63, 3.8) is 0 Å². The van der Waals surface area contributed by atoms with Gasteiger partial charge in [0.15, 0.2) is 0 Å². The molecule has 1 aromatic carbocycles. The molecule has 0 spiro atoms. The third-order valence-corrected chi connectivity index (χ3v) is 3.28. The smallest absolute Gasteiger partial charge is 0.124 e. The molecule has 0 saturated heterocycles. The number of unbranched alkanes of at least 4 members (excludes halogenated alkanes) is 2. The van der Waals surface area contributed by atoms with Gasteiger partial charge in [0.25, 0.3) is 0 Å². The van der Waals surface area contributed by atoms with Crippen molar-refractivity contribution in [1.82, 2.24) is 0 Å². The maximum absolute atomic E-state index is 10.0. The second-order valence-corrected chi connectivity index (χ2v) is 4.90. The van der Waals surface area contributed by atoms with Gasteiger partial charge in [-0.05, 0) is 31.1 Å². The SMILES string of the molecule is CCCCN(CCCC)c1ccc(/C=C/C#N)c(O)c1. The first-order chi connectivity index (χ1) is 9.72. The zero-order chi connectivity index (χ0) is 14.8. The van der Waals surface area contributed by atoms with Gasteiger partial charge in [-0.2, -0.15) is 5.26 Å². The van der Waals surface area contributed by atoms with Crippen LogP contribution in [0.2, 0.25) is 0 Å². The van der Waals surface area contributed by atoms with Gasteiger partial charge in [0, 0.05) is 36.5 Å². The number of phenols is 1. The molecule has 108 valence electrons. The van der Waals surface area contributed by atoms with Crippen molar-refractivity contribution in [2.75, 3.05) is 18.0 Å². The van der Waals surface area contributed by atoms with Crippen LogP contribution in [0, 0.1) is 11.3 Å². The minimum atomic E-state index is 0.229. The average molecular weight is 272 g/mol. The molecule has 0 fully saturated rings. The number of rotatable bonds is 8. The van der Waals surface area contributed by atoms with Crippen LogP contribution in [-0.4, -0.2) is 18.2 Å². The lowest BCUT2D eigenvalue weighted by Crippen LogP contribution is -2.25. The Bertz CT molecular complexity index is 466. The molecule has 3 nitrogen and oxygen atoms in total. The first kappa shape index (κ1) is 16.1. The van der Waals surface area contributed by atoms with Gasteiger partial charge >= 0.3 is 0 Å². The van der Waals surface area contributed by atoms with E-state index in [0.717, 1.165) is 44.5 Å². The summed E-state index contributed by atoms with van der Waals surface area (Å²) in [6.45, 7) is 6.41. The Morgan fingerprint density at radius 1 is 1.20 bits per heavy atom. The summed E-state index contributed by atoms with van der Waals surface area (Å²) >= 11 is 0. The van der Waals surface area contributed by atoms with Gasteiger partial charge in [-0.3, -0.25) is 0 Å². The van der Waals surface area contributed by atoms with Crippen LogP contribution >= 0.6 is 0 Å². The highest BCUT2D eigenvalue weighted by molar-refractivity contribution is 5.64. The van der Waals surface area contributed by atoms with Crippen molar-refractivity contribution in [3.05, 3.63) is 29.8 Å². The first-order valence-electron chi connectivity index (χ1n) is 7.37. The summed E-state index contributed by atoms with van der Waals surface area (Å²) in [5, 5.41) is 18.6. The van der Waals surface area contributed by atoms with E-state index >= 15 is 0 Å². The molecule has 0 bridgehead atoms. The topological polar surface area (TPSA) is 47.3 Å². The molecular formula is C17H24N2O. The van der Waals surface area contributed by atoms with Gasteiger partial charge in [-0.15, -0.1) is 0 Å². The lowest BCUT2D eigenvalue weighted by molar-refractivity contribution is 0.474. The highest BCUT2D eigenvalue weighted by Crippen LogP contribution is 2.26. The van der Waals surface area contributed by atoms with E-state index in [0.29, 0.717) is 5.56 Å². The van der Waals surface area contributed by atoms with Crippen molar-refractivity contribution < 1.29 is 5.11 Å². The largest absolute Gasteiger partial charge is 0.507 e. The molecule has 1 aromatic rings.